The number of pyridine rings is 1. The number of H-pyrrole nitrogens is 1. The van der Waals surface area contributed by atoms with Crippen molar-refractivity contribution >= 4 is 17.5 Å². The van der Waals surface area contributed by atoms with Gasteiger partial charge in [-0.25, -0.2) is 4.79 Å². The van der Waals surface area contributed by atoms with Crippen LogP contribution in [-0.2, 0) is 4.74 Å². The normalized spacial score (nSPS) is 17.1. The molecule has 1 unspecified atom stereocenters. The van der Waals surface area contributed by atoms with Crippen LogP contribution in [0, 0.1) is 13.8 Å². The number of rotatable bonds is 3. The quantitative estimate of drug-likeness (QED) is 0.704. The molecule has 1 saturated heterocycles. The van der Waals surface area contributed by atoms with Crippen LogP contribution in [-0.4, -0.2) is 56.6 Å². The smallest absolute Gasteiger partial charge is 0.339 e. The van der Waals surface area contributed by atoms with Crippen molar-refractivity contribution in [3.63, 3.8) is 0 Å². The molecule has 1 aliphatic rings. The van der Waals surface area contributed by atoms with Gasteiger partial charge in [-0.05, 0) is 44.4 Å². The molecule has 3 aromatic rings. The van der Waals surface area contributed by atoms with Gasteiger partial charge in [0.2, 0.25) is 0 Å². The van der Waals surface area contributed by atoms with Crippen LogP contribution in [0.4, 0.5) is 0 Å². The number of esters is 1. The number of methoxy groups -OCH3 is 1. The zero-order chi connectivity index (χ0) is 19.8. The van der Waals surface area contributed by atoms with Crippen molar-refractivity contribution in [3.8, 4) is 0 Å². The van der Waals surface area contributed by atoms with E-state index in [2.05, 4.69) is 15.2 Å². The standard InChI is InChI=1S/C20H23N5O3/c1-12-16(20(27)28-3)13(2)21-17(12)19(26)24-9-6-7-14(11-24)18-23-22-15-8-4-5-10-25(15)18/h4-5,8,10,14,21H,6-7,9,11H2,1-3H3. The first kappa shape index (κ1) is 18.2. The third-order valence-corrected chi connectivity index (χ3v) is 5.45. The van der Waals surface area contributed by atoms with Crippen molar-refractivity contribution in [3.05, 3.63) is 52.7 Å². The fourth-order valence-electron chi connectivity index (χ4n) is 4.04. The van der Waals surface area contributed by atoms with E-state index in [1.165, 1.54) is 7.11 Å². The van der Waals surface area contributed by atoms with Gasteiger partial charge in [0.1, 0.15) is 11.5 Å². The van der Waals surface area contributed by atoms with Crippen LogP contribution in [0.1, 0.15) is 56.7 Å². The van der Waals surface area contributed by atoms with Crippen LogP contribution >= 0.6 is 0 Å². The molecule has 0 aliphatic carbocycles. The zero-order valence-corrected chi connectivity index (χ0v) is 16.2. The van der Waals surface area contributed by atoms with Gasteiger partial charge in [-0.1, -0.05) is 6.07 Å². The van der Waals surface area contributed by atoms with Crippen molar-refractivity contribution < 1.29 is 14.3 Å². The van der Waals surface area contributed by atoms with Crippen LogP contribution in [0.15, 0.2) is 24.4 Å². The number of carbonyl (C=O) groups excluding carboxylic acids is 2. The minimum atomic E-state index is -0.434. The van der Waals surface area contributed by atoms with Gasteiger partial charge in [0.15, 0.2) is 5.65 Å². The van der Waals surface area contributed by atoms with E-state index < -0.39 is 5.97 Å². The Balaban J connectivity index is 1.60. The lowest BCUT2D eigenvalue weighted by atomic mass is 9.96. The Labute approximate surface area is 162 Å². The average Bonchev–Trinajstić information content (AvgIpc) is 3.27. The monoisotopic (exact) mass is 381 g/mol. The lowest BCUT2D eigenvalue weighted by molar-refractivity contribution is 0.0599. The van der Waals surface area contributed by atoms with Gasteiger partial charge in [0, 0.05) is 30.9 Å². The summed E-state index contributed by atoms with van der Waals surface area (Å²) in [6.45, 7) is 4.80. The van der Waals surface area contributed by atoms with E-state index in [0.29, 0.717) is 35.6 Å². The maximum absolute atomic E-state index is 13.2. The summed E-state index contributed by atoms with van der Waals surface area (Å²) < 4.78 is 6.83. The van der Waals surface area contributed by atoms with E-state index in [1.807, 2.05) is 33.7 Å². The first-order valence-electron chi connectivity index (χ1n) is 9.37. The fourth-order valence-corrected chi connectivity index (χ4v) is 4.04. The molecule has 28 heavy (non-hydrogen) atoms. The van der Waals surface area contributed by atoms with Crippen LogP contribution in [0.5, 0.6) is 0 Å². The molecule has 8 heteroatoms. The number of amides is 1. The van der Waals surface area contributed by atoms with E-state index in [-0.39, 0.29) is 11.8 Å². The molecule has 146 valence electrons. The van der Waals surface area contributed by atoms with E-state index >= 15 is 0 Å². The minimum Gasteiger partial charge on any atom is -0.465 e. The Morgan fingerprint density at radius 3 is 2.86 bits per heavy atom. The molecule has 3 aromatic heterocycles. The highest BCUT2D eigenvalue weighted by atomic mass is 16.5. The van der Waals surface area contributed by atoms with Crippen LogP contribution in [0.25, 0.3) is 5.65 Å². The summed E-state index contributed by atoms with van der Waals surface area (Å²) in [6, 6.07) is 5.80. The topological polar surface area (TPSA) is 92.6 Å². The molecule has 1 aliphatic heterocycles. The predicted octanol–water partition coefficient (Wildman–Crippen LogP) is 2.48. The number of ether oxygens (including phenoxy) is 1. The number of aromatic amines is 1. The van der Waals surface area contributed by atoms with Crippen LogP contribution in [0.3, 0.4) is 0 Å². The van der Waals surface area contributed by atoms with Crippen molar-refractivity contribution in [2.75, 3.05) is 20.2 Å². The summed E-state index contributed by atoms with van der Waals surface area (Å²) in [7, 11) is 1.34. The van der Waals surface area contributed by atoms with Gasteiger partial charge in [0.25, 0.3) is 5.91 Å². The summed E-state index contributed by atoms with van der Waals surface area (Å²) in [4.78, 5) is 30.1. The highest BCUT2D eigenvalue weighted by Gasteiger charge is 2.31. The van der Waals surface area contributed by atoms with E-state index in [4.69, 9.17) is 4.74 Å². The number of aryl methyl sites for hydroxylation is 1. The summed E-state index contributed by atoms with van der Waals surface area (Å²) in [6.07, 6.45) is 3.79. The second-order valence-electron chi connectivity index (χ2n) is 7.19. The van der Waals surface area contributed by atoms with E-state index in [9.17, 15) is 9.59 Å². The summed E-state index contributed by atoms with van der Waals surface area (Å²) in [5.41, 5.74) is 2.96. The molecular formula is C20H23N5O3. The predicted molar refractivity (Wildman–Crippen MR) is 102 cm³/mol. The Kier molecular flexibility index (Phi) is 4.62. The Morgan fingerprint density at radius 2 is 2.07 bits per heavy atom. The number of nitrogens with one attached hydrogen (secondary N) is 1. The van der Waals surface area contributed by atoms with Crippen LogP contribution < -0.4 is 0 Å². The van der Waals surface area contributed by atoms with Gasteiger partial charge < -0.3 is 14.6 Å². The van der Waals surface area contributed by atoms with E-state index in [1.54, 1.807) is 13.8 Å². The molecule has 4 rings (SSSR count). The van der Waals surface area contributed by atoms with Gasteiger partial charge in [-0.3, -0.25) is 9.20 Å². The van der Waals surface area contributed by atoms with Crippen molar-refractivity contribution in [1.29, 1.82) is 0 Å². The Bertz CT molecular complexity index is 1050. The highest BCUT2D eigenvalue weighted by Crippen LogP contribution is 2.28. The Morgan fingerprint density at radius 1 is 1.25 bits per heavy atom. The number of carbonyl (C=O) groups is 2. The third-order valence-electron chi connectivity index (χ3n) is 5.45. The summed E-state index contributed by atoms with van der Waals surface area (Å²) in [5, 5.41) is 8.59. The molecule has 0 spiro atoms. The number of likely N-dealkylation sites (tertiary alicyclic amines) is 1. The highest BCUT2D eigenvalue weighted by molar-refractivity contribution is 6.00. The molecule has 4 heterocycles. The number of fused-ring (bicyclic) bond motifs is 1. The number of aromatic nitrogens is 4. The van der Waals surface area contributed by atoms with Crippen LogP contribution in [0.2, 0.25) is 0 Å². The van der Waals surface area contributed by atoms with Crippen molar-refractivity contribution in [2.24, 2.45) is 0 Å². The van der Waals surface area contributed by atoms with Gasteiger partial charge in [0.05, 0.1) is 12.7 Å². The molecule has 0 aromatic carbocycles. The lowest BCUT2D eigenvalue weighted by Gasteiger charge is -2.32. The van der Waals surface area contributed by atoms with Gasteiger partial charge in [-0.15, -0.1) is 10.2 Å². The minimum absolute atomic E-state index is 0.103. The average molecular weight is 381 g/mol. The van der Waals surface area contributed by atoms with Crippen molar-refractivity contribution in [1.82, 2.24) is 24.5 Å². The molecule has 1 fully saturated rings. The molecule has 1 atom stereocenters. The fraction of sp³-hybridized carbons (Fsp3) is 0.400. The number of hydrogen-bond donors (Lipinski definition) is 1. The molecule has 0 bridgehead atoms. The van der Waals surface area contributed by atoms with Crippen molar-refractivity contribution in [2.45, 2.75) is 32.6 Å². The molecule has 8 nitrogen and oxygen atoms in total. The SMILES string of the molecule is COC(=O)c1c(C)[nH]c(C(=O)N2CCCC(c3nnc4ccccn34)C2)c1C. The summed E-state index contributed by atoms with van der Waals surface area (Å²) in [5.74, 6) is 0.459. The van der Waals surface area contributed by atoms with Gasteiger partial charge >= 0.3 is 5.97 Å². The number of piperidine rings is 1. The first-order chi connectivity index (χ1) is 13.5. The number of nitrogens with zero attached hydrogens (tertiary/aromatic N) is 4. The largest absolute Gasteiger partial charge is 0.465 e. The Hall–Kier alpha value is -3.16. The first-order valence-corrected chi connectivity index (χ1v) is 9.37. The van der Waals surface area contributed by atoms with E-state index in [0.717, 1.165) is 24.3 Å². The number of hydrogen-bond acceptors (Lipinski definition) is 5. The second-order valence-corrected chi connectivity index (χ2v) is 7.19. The molecule has 1 amide bonds. The molecular weight excluding hydrogens is 358 g/mol. The third kappa shape index (κ3) is 2.94. The molecule has 1 N–H and O–H groups in total. The molecule has 0 saturated carbocycles. The molecule has 0 radical (unpaired) electrons. The maximum atomic E-state index is 13.2. The lowest BCUT2D eigenvalue weighted by Crippen LogP contribution is -2.40. The zero-order valence-electron chi connectivity index (χ0n) is 16.2. The van der Waals surface area contributed by atoms with Gasteiger partial charge in [-0.2, -0.15) is 0 Å². The summed E-state index contributed by atoms with van der Waals surface area (Å²) >= 11 is 0. The maximum Gasteiger partial charge on any atom is 0.339 e. The second kappa shape index (κ2) is 7.10.